The third-order valence-corrected chi connectivity index (χ3v) is 7.18. The van der Waals surface area contributed by atoms with Crippen LogP contribution in [0.2, 0.25) is 0 Å². The molecule has 0 unspecified atom stereocenters. The number of nitrogens with zero attached hydrogens (tertiary/aromatic N) is 1. The molecule has 3 N–H and O–H groups in total. The van der Waals surface area contributed by atoms with E-state index in [1.54, 1.807) is 19.2 Å². The summed E-state index contributed by atoms with van der Waals surface area (Å²) in [4.78, 5) is 12.7. The molecule has 2 aromatic rings. The van der Waals surface area contributed by atoms with E-state index in [9.17, 15) is 13.2 Å². The van der Waals surface area contributed by atoms with Crippen molar-refractivity contribution in [3.8, 4) is 0 Å². The van der Waals surface area contributed by atoms with Crippen LogP contribution in [0.3, 0.4) is 0 Å². The molecule has 9 heteroatoms. The number of thiophene rings is 1. The van der Waals surface area contributed by atoms with Gasteiger partial charge in [0.05, 0.1) is 0 Å². The normalized spacial score (nSPS) is 14.9. The molecule has 148 valence electrons. The Morgan fingerprint density at radius 3 is 2.59 bits per heavy atom. The number of nitrogens with two attached hydrogens (primary N) is 1. The number of amides is 1. The molecule has 1 aliphatic heterocycles. The third-order valence-electron chi connectivity index (χ3n) is 4.25. The molecule has 0 aliphatic carbocycles. The van der Waals surface area contributed by atoms with E-state index in [-0.39, 0.29) is 28.7 Å². The summed E-state index contributed by atoms with van der Waals surface area (Å²) in [7, 11) is -3.74. The smallest absolute Gasteiger partial charge is 0.262 e. The molecule has 0 spiro atoms. The zero-order valence-corrected chi connectivity index (χ0v) is 17.7. The molecule has 0 saturated heterocycles. The predicted molar refractivity (Wildman–Crippen MR) is 110 cm³/mol. The third kappa shape index (κ3) is 4.89. The maximum Gasteiger partial charge on any atom is 0.262 e. The molecule has 27 heavy (non-hydrogen) atoms. The number of hydrogen-bond acceptors (Lipinski definition) is 5. The summed E-state index contributed by atoms with van der Waals surface area (Å²) in [6.45, 7) is 4.59. The van der Waals surface area contributed by atoms with Crippen molar-refractivity contribution in [3.63, 3.8) is 0 Å². The zero-order valence-electron chi connectivity index (χ0n) is 15.3. The van der Waals surface area contributed by atoms with Crippen LogP contribution in [0.4, 0.5) is 0 Å². The Morgan fingerprint density at radius 2 is 1.93 bits per heavy atom. The molecular weight excluding hydrogens is 406 g/mol. The van der Waals surface area contributed by atoms with Crippen molar-refractivity contribution >= 4 is 39.7 Å². The summed E-state index contributed by atoms with van der Waals surface area (Å²) in [5.41, 5.74) is 7.50. The largest absolute Gasteiger partial charge is 0.349 e. The highest BCUT2D eigenvalue weighted by Crippen LogP contribution is 2.29. The number of nitrogens with one attached hydrogen (secondary N) is 1. The highest BCUT2D eigenvalue weighted by Gasteiger charge is 2.32. The van der Waals surface area contributed by atoms with Crippen LogP contribution < -0.4 is 11.1 Å². The van der Waals surface area contributed by atoms with Crippen molar-refractivity contribution in [2.75, 3.05) is 13.1 Å². The van der Waals surface area contributed by atoms with E-state index < -0.39 is 21.5 Å². The van der Waals surface area contributed by atoms with Gasteiger partial charge < -0.3 is 11.1 Å². The first-order chi connectivity index (χ1) is 12.2. The first-order valence-electron chi connectivity index (χ1n) is 8.40. The number of benzene rings is 1. The van der Waals surface area contributed by atoms with Gasteiger partial charge in [0.15, 0.2) is 0 Å². The molecule has 3 rings (SSSR count). The van der Waals surface area contributed by atoms with Crippen LogP contribution in [0.1, 0.15) is 34.6 Å². The van der Waals surface area contributed by atoms with Gasteiger partial charge in [0, 0.05) is 25.2 Å². The summed E-state index contributed by atoms with van der Waals surface area (Å²) >= 11 is 1.13. The van der Waals surface area contributed by atoms with Crippen LogP contribution in [-0.4, -0.2) is 37.3 Å². The van der Waals surface area contributed by atoms with E-state index in [2.05, 4.69) is 5.32 Å². The minimum absolute atomic E-state index is 0. The molecule has 0 fully saturated rings. The summed E-state index contributed by atoms with van der Waals surface area (Å²) in [6.07, 6.45) is 0.669. The molecular formula is C18H24ClN3O3S2. The Hall–Kier alpha value is -1.45. The van der Waals surface area contributed by atoms with E-state index in [1.165, 1.54) is 15.9 Å². The second-order valence-corrected chi connectivity index (χ2v) is 9.97. The molecule has 1 aromatic heterocycles. The molecule has 2 heterocycles. The highest BCUT2D eigenvalue weighted by molar-refractivity contribution is 7.89. The lowest BCUT2D eigenvalue weighted by atomic mass is 10.0. The summed E-state index contributed by atoms with van der Waals surface area (Å²) in [5, 5.41) is 4.35. The van der Waals surface area contributed by atoms with Gasteiger partial charge in [0.1, 0.15) is 9.77 Å². The van der Waals surface area contributed by atoms with Gasteiger partial charge in [-0.2, -0.15) is 4.31 Å². The van der Waals surface area contributed by atoms with E-state index in [0.29, 0.717) is 19.5 Å². The van der Waals surface area contributed by atoms with Gasteiger partial charge >= 0.3 is 0 Å². The van der Waals surface area contributed by atoms with Crippen LogP contribution in [-0.2, 0) is 23.0 Å². The van der Waals surface area contributed by atoms with Gasteiger partial charge in [0.2, 0.25) is 10.0 Å². The second kappa shape index (κ2) is 8.28. The fourth-order valence-electron chi connectivity index (χ4n) is 2.87. The molecule has 0 atom stereocenters. The van der Waals surface area contributed by atoms with Crippen LogP contribution in [0, 0.1) is 0 Å². The lowest BCUT2D eigenvalue weighted by Crippen LogP contribution is -2.45. The monoisotopic (exact) mass is 429 g/mol. The van der Waals surface area contributed by atoms with E-state index >= 15 is 0 Å². The van der Waals surface area contributed by atoms with Gasteiger partial charge in [-0.1, -0.05) is 24.3 Å². The summed E-state index contributed by atoms with van der Waals surface area (Å²) in [5.74, 6) is -0.408. The zero-order chi connectivity index (χ0) is 18.9. The molecule has 0 bridgehead atoms. The van der Waals surface area contributed by atoms with Crippen molar-refractivity contribution < 1.29 is 13.2 Å². The van der Waals surface area contributed by atoms with E-state index in [4.69, 9.17) is 5.73 Å². The van der Waals surface area contributed by atoms with Crippen LogP contribution >= 0.6 is 23.7 Å². The second-order valence-electron chi connectivity index (χ2n) is 7.14. The Kier molecular flexibility index (Phi) is 6.70. The Morgan fingerprint density at radius 1 is 1.26 bits per heavy atom. The fraction of sp³-hybridized carbons (Fsp3) is 0.389. The fourth-order valence-corrected chi connectivity index (χ4v) is 5.60. The molecule has 6 nitrogen and oxygen atoms in total. The maximum atomic E-state index is 13.1. The SMILES string of the molecule is CC(C)(N)CNC(=O)c1sccc1S(=O)(=O)N1CCc2ccccc2C1.Cl. The first-order valence-corrected chi connectivity index (χ1v) is 10.7. The van der Waals surface area contributed by atoms with Gasteiger partial charge in [-0.3, -0.25) is 4.79 Å². The standard InChI is InChI=1S/C18H23N3O3S2.ClH/c1-18(2,19)12-20-17(22)16-15(8-10-25-16)26(23,24)21-9-7-13-5-3-4-6-14(13)11-21;/h3-6,8,10H,7,9,11-12,19H2,1-2H3,(H,20,22);1H. The van der Waals surface area contributed by atoms with Crippen molar-refractivity contribution in [3.05, 3.63) is 51.7 Å². The summed E-state index contributed by atoms with van der Waals surface area (Å²) in [6, 6.07) is 9.35. The molecule has 1 amide bonds. The number of sulfonamides is 1. The van der Waals surface area contributed by atoms with Gasteiger partial charge in [0.25, 0.3) is 5.91 Å². The van der Waals surface area contributed by atoms with E-state index in [0.717, 1.165) is 16.9 Å². The van der Waals surface area contributed by atoms with Crippen LogP contribution in [0.15, 0.2) is 40.6 Å². The maximum absolute atomic E-state index is 13.1. The minimum Gasteiger partial charge on any atom is -0.349 e. The average Bonchev–Trinajstić information content (AvgIpc) is 3.09. The number of hydrogen-bond donors (Lipinski definition) is 2. The quantitative estimate of drug-likeness (QED) is 0.763. The van der Waals surface area contributed by atoms with Crippen molar-refractivity contribution in [2.45, 2.75) is 37.2 Å². The Balaban J connectivity index is 0.00000261. The van der Waals surface area contributed by atoms with Crippen LogP contribution in [0.25, 0.3) is 0 Å². The number of rotatable bonds is 5. The lowest BCUT2D eigenvalue weighted by molar-refractivity contribution is 0.0947. The Bertz CT molecular complexity index is 920. The predicted octanol–water partition coefficient (Wildman–Crippen LogP) is 2.38. The lowest BCUT2D eigenvalue weighted by Gasteiger charge is -2.28. The molecule has 0 saturated carbocycles. The van der Waals surface area contributed by atoms with Gasteiger partial charge in [-0.15, -0.1) is 23.7 Å². The number of carbonyl (C=O) groups excluding carboxylic acids is 1. The minimum atomic E-state index is -3.74. The first kappa shape index (κ1) is 21.8. The Labute approximate surface area is 170 Å². The van der Waals surface area contributed by atoms with Crippen LogP contribution in [0.5, 0.6) is 0 Å². The van der Waals surface area contributed by atoms with Crippen molar-refractivity contribution in [1.29, 1.82) is 0 Å². The van der Waals surface area contributed by atoms with Gasteiger partial charge in [-0.05, 0) is 42.8 Å². The molecule has 1 aliphatic rings. The van der Waals surface area contributed by atoms with E-state index in [1.807, 2.05) is 24.3 Å². The molecule has 0 radical (unpaired) electrons. The van der Waals surface area contributed by atoms with Crippen molar-refractivity contribution in [1.82, 2.24) is 9.62 Å². The number of halogens is 1. The van der Waals surface area contributed by atoms with Gasteiger partial charge in [-0.25, -0.2) is 8.42 Å². The van der Waals surface area contributed by atoms with Crippen molar-refractivity contribution in [2.24, 2.45) is 5.73 Å². The average molecular weight is 430 g/mol. The topological polar surface area (TPSA) is 92.5 Å². The highest BCUT2D eigenvalue weighted by atomic mass is 35.5. The number of fused-ring (bicyclic) bond motifs is 1. The number of carbonyl (C=O) groups is 1. The summed E-state index contributed by atoms with van der Waals surface area (Å²) < 4.78 is 27.7. The molecule has 1 aromatic carbocycles.